The Morgan fingerprint density at radius 3 is 1.61 bits per heavy atom. The third kappa shape index (κ3) is 6.00. The summed E-state index contributed by atoms with van der Waals surface area (Å²) >= 11 is 0. The molecule has 0 radical (unpaired) electrons. The molecule has 3 aliphatic rings. The predicted octanol–water partition coefficient (Wildman–Crippen LogP) is 15.0. The highest BCUT2D eigenvalue weighted by molar-refractivity contribution is 5.87. The predicted molar refractivity (Wildman–Crippen MR) is 253 cm³/mol. The Bertz CT molecular complexity index is 2910. The average Bonchev–Trinajstić information content (AvgIpc) is 3.85. The van der Waals surface area contributed by atoms with E-state index in [9.17, 15) is 0 Å². The van der Waals surface area contributed by atoms with Crippen molar-refractivity contribution in [3.05, 3.63) is 257 Å². The molecule has 294 valence electrons. The third-order valence-corrected chi connectivity index (χ3v) is 13.1. The van der Waals surface area contributed by atoms with E-state index in [0.29, 0.717) is 0 Å². The number of nitrogens with zero attached hydrogens (tertiary/aromatic N) is 1. The van der Waals surface area contributed by atoms with Crippen LogP contribution >= 0.6 is 0 Å². The Hall–Kier alpha value is -7.16. The van der Waals surface area contributed by atoms with Gasteiger partial charge >= 0.3 is 0 Å². The van der Waals surface area contributed by atoms with Gasteiger partial charge in [0.2, 0.25) is 0 Å². The number of benzene rings is 8. The van der Waals surface area contributed by atoms with Gasteiger partial charge in [0.25, 0.3) is 0 Å². The largest absolute Gasteiger partial charge is 0.484 e. The number of hydrogen-bond acceptors (Lipinski definition) is 2. The van der Waals surface area contributed by atoms with Gasteiger partial charge in [-0.2, -0.15) is 0 Å². The van der Waals surface area contributed by atoms with Gasteiger partial charge in [-0.05, 0) is 91.9 Å². The first kappa shape index (κ1) is 36.9. The lowest BCUT2D eigenvalue weighted by Gasteiger charge is -2.34. The fourth-order valence-electron chi connectivity index (χ4n) is 10.2. The van der Waals surface area contributed by atoms with Gasteiger partial charge in [-0.1, -0.05) is 203 Å². The van der Waals surface area contributed by atoms with Crippen LogP contribution in [0.15, 0.2) is 218 Å². The van der Waals surface area contributed by atoms with Gasteiger partial charge in [0.05, 0.1) is 5.41 Å². The fraction of sp³-hybridized carbons (Fsp3) is 0.119. The normalized spacial score (nSPS) is 16.7. The molecule has 0 saturated heterocycles. The zero-order chi connectivity index (χ0) is 41.1. The molecule has 0 fully saturated rings. The summed E-state index contributed by atoms with van der Waals surface area (Å²) in [5.74, 6) is 1.13. The van der Waals surface area contributed by atoms with Crippen molar-refractivity contribution >= 4 is 22.6 Å². The molecule has 61 heavy (non-hydrogen) atoms. The summed E-state index contributed by atoms with van der Waals surface area (Å²) in [6.45, 7) is 6.79. The number of rotatable bonds is 7. The molecule has 2 nitrogen and oxygen atoms in total. The van der Waals surface area contributed by atoms with Crippen molar-refractivity contribution in [1.29, 1.82) is 0 Å². The zero-order valence-electron chi connectivity index (χ0n) is 34.8. The van der Waals surface area contributed by atoms with E-state index in [1.807, 2.05) is 0 Å². The van der Waals surface area contributed by atoms with E-state index < -0.39 is 5.41 Å². The number of fused-ring (bicyclic) bond motifs is 6. The van der Waals surface area contributed by atoms with Crippen molar-refractivity contribution in [3.8, 4) is 28.0 Å². The molecule has 0 N–H and O–H groups in total. The van der Waals surface area contributed by atoms with Crippen LogP contribution in [-0.2, 0) is 10.8 Å². The van der Waals surface area contributed by atoms with Gasteiger partial charge in [0.15, 0.2) is 0 Å². The molecule has 1 aliphatic heterocycles. The van der Waals surface area contributed by atoms with Crippen molar-refractivity contribution < 1.29 is 4.74 Å². The lowest BCUT2D eigenvalue weighted by molar-refractivity contribution is 0.253. The summed E-state index contributed by atoms with van der Waals surface area (Å²) in [6.07, 6.45) is 6.68. The van der Waals surface area contributed by atoms with E-state index in [2.05, 4.69) is 244 Å². The summed E-state index contributed by atoms with van der Waals surface area (Å²) in [7, 11) is 0. The maximum absolute atomic E-state index is 6.91. The molecule has 1 heterocycles. The summed E-state index contributed by atoms with van der Waals surface area (Å²) in [6, 6.07) is 73.5. The van der Waals surface area contributed by atoms with Crippen LogP contribution < -0.4 is 9.64 Å². The van der Waals surface area contributed by atoms with Gasteiger partial charge in [0.1, 0.15) is 11.9 Å². The summed E-state index contributed by atoms with van der Waals surface area (Å²) < 4.78 is 6.91. The van der Waals surface area contributed by atoms with Crippen LogP contribution in [0.1, 0.15) is 65.6 Å². The monoisotopic (exact) mass is 785 g/mol. The van der Waals surface area contributed by atoms with Crippen LogP contribution in [0.5, 0.6) is 5.75 Å². The van der Waals surface area contributed by atoms with Gasteiger partial charge in [-0.15, -0.1) is 0 Å². The third-order valence-electron chi connectivity index (χ3n) is 13.1. The van der Waals surface area contributed by atoms with Crippen molar-refractivity contribution in [2.45, 2.75) is 43.6 Å². The van der Waals surface area contributed by atoms with Crippen LogP contribution in [0.4, 0.5) is 17.1 Å². The molecule has 0 amide bonds. The maximum atomic E-state index is 6.91. The molecule has 2 unspecified atom stereocenters. The zero-order valence-corrected chi connectivity index (χ0v) is 34.8. The molecular formula is C59H47NO. The van der Waals surface area contributed by atoms with Gasteiger partial charge in [0, 0.05) is 39.7 Å². The molecule has 8 aromatic carbocycles. The lowest BCUT2D eigenvalue weighted by Crippen LogP contribution is -2.28. The average molecular weight is 786 g/mol. The standard InChI is InChI=1S/C59H47NO/c1-58(2,3)55-27-15-24-52-51-23-14-22-48(56(51)61-57(52)55)42-30-36-46(37-31-42)60(45-34-28-41(29-35-45)40-16-6-4-7-17-40)47-38-32-44(33-39-47)59(43-18-8-5-9-19-43)53-25-12-10-20-49(53)50-21-11-13-26-54(50)59/h4-39,48,56H,1-3H3. The molecule has 2 aliphatic carbocycles. The summed E-state index contributed by atoms with van der Waals surface area (Å²) in [5, 5.41) is 0. The minimum atomic E-state index is -0.451. The summed E-state index contributed by atoms with van der Waals surface area (Å²) in [4.78, 5) is 2.38. The van der Waals surface area contributed by atoms with Crippen molar-refractivity contribution in [3.63, 3.8) is 0 Å². The lowest BCUT2D eigenvalue weighted by atomic mass is 9.68. The van der Waals surface area contributed by atoms with Crippen LogP contribution in [0.2, 0.25) is 0 Å². The molecule has 8 aromatic rings. The van der Waals surface area contributed by atoms with E-state index in [1.54, 1.807) is 0 Å². The van der Waals surface area contributed by atoms with Crippen LogP contribution in [0.3, 0.4) is 0 Å². The Morgan fingerprint density at radius 2 is 0.984 bits per heavy atom. The Morgan fingerprint density at radius 1 is 0.475 bits per heavy atom. The molecule has 2 atom stereocenters. The first-order chi connectivity index (χ1) is 29.9. The van der Waals surface area contributed by atoms with Crippen LogP contribution in [0, 0.1) is 0 Å². The highest BCUT2D eigenvalue weighted by atomic mass is 16.5. The second kappa shape index (κ2) is 14.5. The van der Waals surface area contributed by atoms with E-state index in [0.717, 1.165) is 22.8 Å². The molecule has 0 bridgehead atoms. The second-order valence-corrected chi connectivity index (χ2v) is 17.6. The maximum Gasteiger partial charge on any atom is 0.135 e. The smallest absolute Gasteiger partial charge is 0.135 e. The Kier molecular flexibility index (Phi) is 8.79. The highest BCUT2D eigenvalue weighted by Crippen LogP contribution is 2.56. The van der Waals surface area contributed by atoms with E-state index in [1.165, 1.54) is 66.8 Å². The van der Waals surface area contributed by atoms with Crippen LogP contribution in [-0.4, -0.2) is 6.10 Å². The molecule has 2 heteroatoms. The molecule has 0 aromatic heterocycles. The quantitative estimate of drug-likeness (QED) is 0.160. The number of allylic oxidation sites excluding steroid dienone is 2. The van der Waals surface area contributed by atoms with Gasteiger partial charge in [-0.3, -0.25) is 0 Å². The van der Waals surface area contributed by atoms with Crippen molar-refractivity contribution in [2.75, 3.05) is 4.90 Å². The van der Waals surface area contributed by atoms with Gasteiger partial charge in [-0.25, -0.2) is 0 Å². The number of anilines is 3. The van der Waals surface area contributed by atoms with E-state index in [4.69, 9.17) is 4.74 Å². The molecule has 0 saturated carbocycles. The molecule has 11 rings (SSSR count). The minimum absolute atomic E-state index is 0.0147. The number of hydrogen-bond donors (Lipinski definition) is 0. The Labute approximate surface area is 359 Å². The van der Waals surface area contributed by atoms with Crippen molar-refractivity contribution in [1.82, 2.24) is 0 Å². The first-order valence-electron chi connectivity index (χ1n) is 21.5. The van der Waals surface area contributed by atoms with E-state index in [-0.39, 0.29) is 17.4 Å². The topological polar surface area (TPSA) is 12.5 Å². The number of ether oxygens (including phenoxy) is 1. The fourth-order valence-corrected chi connectivity index (χ4v) is 10.2. The Balaban J connectivity index is 0.994. The second-order valence-electron chi connectivity index (χ2n) is 17.6. The van der Waals surface area contributed by atoms with Crippen LogP contribution in [0.25, 0.3) is 27.8 Å². The minimum Gasteiger partial charge on any atom is -0.484 e. The molecular weight excluding hydrogens is 739 g/mol. The SMILES string of the molecule is CC(C)(C)c1cccc2c1OC1C2=CC=CC1c1ccc(N(c2ccc(-c3ccccc3)cc2)c2ccc(C3(c4ccccc4)c4ccccc4-c4ccccc43)cc2)cc1. The first-order valence-corrected chi connectivity index (χ1v) is 21.5. The van der Waals surface area contributed by atoms with Gasteiger partial charge < -0.3 is 9.64 Å². The van der Waals surface area contributed by atoms with Crippen molar-refractivity contribution in [2.24, 2.45) is 0 Å². The van der Waals surface area contributed by atoms with E-state index >= 15 is 0 Å². The highest BCUT2D eigenvalue weighted by Gasteiger charge is 2.46. The molecule has 0 spiro atoms. The summed E-state index contributed by atoms with van der Waals surface area (Å²) in [5.41, 5.74) is 17.9. The number of para-hydroxylation sites is 1.